The Morgan fingerprint density at radius 3 is 2.43 bits per heavy atom. The van der Waals surface area contributed by atoms with Gasteiger partial charge in [0.1, 0.15) is 5.75 Å². The minimum Gasteiger partial charge on any atom is -0.494 e. The second-order valence-corrected chi connectivity index (χ2v) is 9.34. The van der Waals surface area contributed by atoms with Crippen LogP contribution in [0, 0.1) is 6.92 Å². The summed E-state index contributed by atoms with van der Waals surface area (Å²) in [5, 5.41) is 4.78. The molecule has 4 rings (SSSR count). The van der Waals surface area contributed by atoms with Crippen LogP contribution in [0.2, 0.25) is 0 Å². The molecule has 1 N–H and O–H groups in total. The number of nitrogens with one attached hydrogen (secondary N) is 1. The third-order valence-corrected chi connectivity index (χ3v) is 6.87. The van der Waals surface area contributed by atoms with E-state index in [1.807, 2.05) is 31.4 Å². The average molecular weight is 441 g/mol. The number of anilines is 2. The Bertz CT molecular complexity index is 1230. The highest BCUT2D eigenvalue weighted by molar-refractivity contribution is 7.91. The van der Waals surface area contributed by atoms with Crippen molar-refractivity contribution in [1.29, 1.82) is 0 Å². The van der Waals surface area contributed by atoms with Crippen molar-refractivity contribution in [2.45, 2.75) is 23.8 Å². The average Bonchev–Trinajstić information content (AvgIpc) is 3.40. The van der Waals surface area contributed by atoms with E-state index < -0.39 is 9.84 Å². The zero-order valence-electron chi connectivity index (χ0n) is 16.5. The molecule has 0 saturated carbocycles. The number of benzene rings is 2. The molecule has 0 bridgehead atoms. The Hall–Kier alpha value is -3.10. The summed E-state index contributed by atoms with van der Waals surface area (Å²) >= 11 is 1.42. The Morgan fingerprint density at radius 2 is 1.80 bits per heavy atom. The lowest BCUT2D eigenvalue weighted by Crippen LogP contribution is -2.05. The fourth-order valence-electron chi connectivity index (χ4n) is 2.83. The van der Waals surface area contributed by atoms with Gasteiger partial charge in [0.15, 0.2) is 0 Å². The van der Waals surface area contributed by atoms with Gasteiger partial charge in [0.05, 0.1) is 16.4 Å². The monoisotopic (exact) mass is 440 g/mol. The molecule has 0 aliphatic rings. The maximum absolute atomic E-state index is 13.3. The smallest absolute Gasteiger partial charge is 0.240 e. The fourth-order valence-corrected chi connectivity index (χ4v) is 4.74. The molecule has 0 spiro atoms. The molecule has 0 amide bonds. The number of aryl methyl sites for hydroxylation is 1. The Kier molecular flexibility index (Phi) is 5.61. The van der Waals surface area contributed by atoms with Crippen LogP contribution in [0.5, 0.6) is 5.75 Å². The number of aromatic nitrogens is 1. The number of oxazole rings is 1. The molecule has 8 heteroatoms. The Balaban J connectivity index is 1.76. The predicted molar refractivity (Wildman–Crippen MR) is 117 cm³/mol. The molecule has 2 aromatic heterocycles. The quantitative estimate of drug-likeness (QED) is 0.398. The first-order valence-electron chi connectivity index (χ1n) is 9.33. The summed E-state index contributed by atoms with van der Waals surface area (Å²) in [6, 6.07) is 17.5. The van der Waals surface area contributed by atoms with Gasteiger partial charge in [0, 0.05) is 5.69 Å². The zero-order chi connectivity index (χ0) is 21.1. The zero-order valence-corrected chi connectivity index (χ0v) is 18.1. The highest BCUT2D eigenvalue weighted by Gasteiger charge is 2.29. The number of nitrogens with zero attached hydrogens (tertiary/aromatic N) is 1. The normalized spacial score (nSPS) is 11.4. The van der Waals surface area contributed by atoms with Crippen LogP contribution in [-0.2, 0) is 9.84 Å². The number of hydrogen-bond acceptors (Lipinski definition) is 7. The first kappa shape index (κ1) is 20.2. The molecule has 0 saturated heterocycles. The Morgan fingerprint density at radius 1 is 1.07 bits per heavy atom. The van der Waals surface area contributed by atoms with Crippen LogP contribution in [0.15, 0.2) is 80.4 Å². The van der Waals surface area contributed by atoms with E-state index in [0.29, 0.717) is 12.3 Å². The molecule has 0 aliphatic carbocycles. The molecule has 0 aliphatic heterocycles. The molecule has 0 fully saturated rings. The summed E-state index contributed by atoms with van der Waals surface area (Å²) in [7, 11) is -3.88. The van der Waals surface area contributed by atoms with Gasteiger partial charge < -0.3 is 14.5 Å². The van der Waals surface area contributed by atoms with Gasteiger partial charge in [-0.05, 0) is 61.7 Å². The molecular formula is C22H20N2O4S2. The molecule has 6 nitrogen and oxygen atoms in total. The third-order valence-electron chi connectivity index (χ3n) is 4.34. The lowest BCUT2D eigenvalue weighted by molar-refractivity contribution is 0.340. The molecule has 4 aromatic rings. The summed E-state index contributed by atoms with van der Waals surface area (Å²) in [6.07, 6.45) is 0. The standard InChI is InChI=1S/C22H20N2O4S2/c1-3-27-17-10-8-16(9-11-17)23-21-22(24-20(28-21)19-5-4-14-29-19)30(25,26)18-12-6-15(2)7-13-18/h4-14,23H,3H2,1-2H3. The van der Waals surface area contributed by atoms with Gasteiger partial charge in [-0.1, -0.05) is 23.8 Å². The molecule has 2 aromatic carbocycles. The number of hydrogen-bond donors (Lipinski definition) is 1. The van der Waals surface area contributed by atoms with Crippen LogP contribution in [0.1, 0.15) is 12.5 Å². The highest BCUT2D eigenvalue weighted by Crippen LogP contribution is 2.35. The van der Waals surface area contributed by atoms with Crippen molar-refractivity contribution in [3.63, 3.8) is 0 Å². The number of ether oxygens (including phenoxy) is 1. The summed E-state index contributed by atoms with van der Waals surface area (Å²) in [4.78, 5) is 5.24. The second-order valence-electron chi connectivity index (χ2n) is 6.53. The van der Waals surface area contributed by atoms with Gasteiger partial charge in [-0.25, -0.2) is 8.42 Å². The first-order chi connectivity index (χ1) is 14.5. The van der Waals surface area contributed by atoms with Crippen molar-refractivity contribution < 1.29 is 17.6 Å². The van der Waals surface area contributed by atoms with E-state index in [4.69, 9.17) is 9.15 Å². The van der Waals surface area contributed by atoms with Crippen molar-refractivity contribution in [2.75, 3.05) is 11.9 Å². The summed E-state index contributed by atoms with van der Waals surface area (Å²) < 4.78 is 37.9. The number of rotatable bonds is 7. The minimum absolute atomic E-state index is 0.0723. The Labute approximate surface area is 179 Å². The van der Waals surface area contributed by atoms with E-state index in [2.05, 4.69) is 10.3 Å². The lowest BCUT2D eigenvalue weighted by Gasteiger charge is -2.08. The summed E-state index contributed by atoms with van der Waals surface area (Å²) in [5.41, 5.74) is 1.63. The van der Waals surface area contributed by atoms with Crippen LogP contribution in [0.25, 0.3) is 10.8 Å². The van der Waals surface area contributed by atoms with Gasteiger partial charge in [-0.3, -0.25) is 0 Å². The van der Waals surface area contributed by atoms with Gasteiger partial charge >= 0.3 is 0 Å². The van der Waals surface area contributed by atoms with Crippen molar-refractivity contribution in [3.05, 3.63) is 71.6 Å². The second kappa shape index (κ2) is 8.33. The lowest BCUT2D eigenvalue weighted by atomic mass is 10.2. The van der Waals surface area contributed by atoms with Crippen LogP contribution in [0.4, 0.5) is 11.6 Å². The van der Waals surface area contributed by atoms with E-state index in [1.165, 1.54) is 11.3 Å². The topological polar surface area (TPSA) is 81.4 Å². The minimum atomic E-state index is -3.88. The van der Waals surface area contributed by atoms with Gasteiger partial charge in [0.2, 0.25) is 26.6 Å². The van der Waals surface area contributed by atoms with E-state index in [-0.39, 0.29) is 21.7 Å². The van der Waals surface area contributed by atoms with Crippen LogP contribution in [-0.4, -0.2) is 20.0 Å². The first-order valence-corrected chi connectivity index (χ1v) is 11.7. The van der Waals surface area contributed by atoms with Crippen molar-refractivity contribution in [1.82, 2.24) is 4.98 Å². The number of sulfone groups is 1. The summed E-state index contributed by atoms with van der Waals surface area (Å²) in [5.74, 6) is 1.06. The van der Waals surface area contributed by atoms with Crippen molar-refractivity contribution in [2.24, 2.45) is 0 Å². The predicted octanol–water partition coefficient (Wildman–Crippen LogP) is 5.69. The summed E-state index contributed by atoms with van der Waals surface area (Å²) in [6.45, 7) is 4.38. The maximum atomic E-state index is 13.3. The van der Waals surface area contributed by atoms with Gasteiger partial charge in [0.25, 0.3) is 0 Å². The van der Waals surface area contributed by atoms with Gasteiger partial charge in [-0.2, -0.15) is 4.98 Å². The largest absolute Gasteiger partial charge is 0.494 e. The molecule has 30 heavy (non-hydrogen) atoms. The van der Waals surface area contributed by atoms with Crippen molar-refractivity contribution >= 4 is 32.7 Å². The molecule has 0 radical (unpaired) electrons. The van der Waals surface area contributed by atoms with E-state index in [1.54, 1.807) is 48.5 Å². The van der Waals surface area contributed by atoms with Crippen LogP contribution in [0.3, 0.4) is 0 Å². The SMILES string of the molecule is CCOc1ccc(Nc2oc(-c3cccs3)nc2S(=O)(=O)c2ccc(C)cc2)cc1. The number of thiophene rings is 1. The highest BCUT2D eigenvalue weighted by atomic mass is 32.2. The molecule has 0 unspecified atom stereocenters. The fraction of sp³-hybridized carbons (Fsp3) is 0.136. The van der Waals surface area contributed by atoms with Gasteiger partial charge in [-0.15, -0.1) is 11.3 Å². The van der Waals surface area contributed by atoms with Crippen LogP contribution >= 0.6 is 11.3 Å². The molecule has 0 atom stereocenters. The van der Waals surface area contributed by atoms with Crippen LogP contribution < -0.4 is 10.1 Å². The van der Waals surface area contributed by atoms with E-state index in [9.17, 15) is 8.42 Å². The van der Waals surface area contributed by atoms with E-state index >= 15 is 0 Å². The molecule has 154 valence electrons. The maximum Gasteiger partial charge on any atom is 0.240 e. The molecular weight excluding hydrogens is 420 g/mol. The van der Waals surface area contributed by atoms with E-state index in [0.717, 1.165) is 16.2 Å². The third kappa shape index (κ3) is 4.10. The van der Waals surface area contributed by atoms with Crippen molar-refractivity contribution in [3.8, 4) is 16.5 Å². The molecule has 2 heterocycles.